The molecule has 0 fully saturated rings. The highest BCUT2D eigenvalue weighted by atomic mass is 19.4. The number of nitrogens with one attached hydrogen (secondary N) is 1. The molecule has 1 amide bonds. The largest absolute Gasteiger partial charge is 0.463 e. The number of alkyl halides is 3. The average molecular weight is 374 g/mol. The molecular weight excluding hydrogens is 349 g/mol. The van der Waals surface area contributed by atoms with Crippen LogP contribution in [-0.4, -0.2) is 37.8 Å². The van der Waals surface area contributed by atoms with Crippen LogP contribution in [0.15, 0.2) is 29.3 Å². The van der Waals surface area contributed by atoms with Gasteiger partial charge < -0.3 is 9.47 Å². The van der Waals surface area contributed by atoms with Gasteiger partial charge in [-0.05, 0) is 44.0 Å². The summed E-state index contributed by atoms with van der Waals surface area (Å²) in [6, 6.07) is 3.86. The van der Waals surface area contributed by atoms with E-state index in [1.807, 2.05) is 27.7 Å². The molecule has 0 heterocycles. The number of hydrogen-bond acceptors (Lipinski definition) is 4. The second kappa shape index (κ2) is 10.2. The van der Waals surface area contributed by atoms with Crippen molar-refractivity contribution in [1.29, 1.82) is 0 Å². The van der Waals surface area contributed by atoms with Gasteiger partial charge in [-0.25, -0.2) is 4.99 Å². The van der Waals surface area contributed by atoms with E-state index in [0.29, 0.717) is 13.2 Å². The van der Waals surface area contributed by atoms with Gasteiger partial charge in [0.05, 0.1) is 18.2 Å². The molecule has 0 saturated carbocycles. The molecule has 0 aromatic heterocycles. The topological polar surface area (TPSA) is 59.9 Å². The molecule has 1 aromatic carbocycles. The smallest absolute Gasteiger partial charge is 0.416 e. The molecule has 26 heavy (non-hydrogen) atoms. The molecule has 1 N–H and O–H groups in total. The van der Waals surface area contributed by atoms with E-state index in [2.05, 4.69) is 10.3 Å². The van der Waals surface area contributed by atoms with Gasteiger partial charge in [0.25, 0.3) is 11.9 Å². The minimum Gasteiger partial charge on any atom is -0.463 e. The van der Waals surface area contributed by atoms with E-state index in [1.54, 1.807) is 0 Å². The predicted octanol–water partition coefficient (Wildman–Crippen LogP) is 3.89. The van der Waals surface area contributed by atoms with Crippen LogP contribution in [0.4, 0.5) is 13.2 Å². The minimum atomic E-state index is -4.45. The zero-order valence-corrected chi connectivity index (χ0v) is 15.4. The Balaban J connectivity index is 2.83. The van der Waals surface area contributed by atoms with Crippen molar-refractivity contribution < 1.29 is 27.4 Å². The Morgan fingerprint density at radius 2 is 1.77 bits per heavy atom. The number of amidine groups is 1. The van der Waals surface area contributed by atoms with Crippen LogP contribution in [-0.2, 0) is 15.7 Å². The normalized spacial score (nSPS) is 13.6. The molecular formula is C18H25F3N2O3. The average Bonchev–Trinajstić information content (AvgIpc) is 2.57. The summed E-state index contributed by atoms with van der Waals surface area (Å²) in [6.07, 6.45) is -4.45. The molecule has 1 aromatic rings. The highest BCUT2D eigenvalue weighted by Crippen LogP contribution is 2.29. The Bertz CT molecular complexity index is 599. The summed E-state index contributed by atoms with van der Waals surface area (Å²) in [5.41, 5.74) is -0.736. The van der Waals surface area contributed by atoms with E-state index in [4.69, 9.17) is 9.47 Å². The fourth-order valence-corrected chi connectivity index (χ4v) is 1.76. The Hall–Kier alpha value is -2.09. The molecule has 0 radical (unpaired) electrons. The maximum absolute atomic E-state index is 12.6. The molecule has 1 rings (SSSR count). The quantitative estimate of drug-likeness (QED) is 0.447. The summed E-state index contributed by atoms with van der Waals surface area (Å²) in [4.78, 5) is 16.6. The molecule has 0 aliphatic heterocycles. The van der Waals surface area contributed by atoms with Gasteiger partial charge in [-0.2, -0.15) is 13.2 Å². The van der Waals surface area contributed by atoms with E-state index in [1.165, 1.54) is 0 Å². The fraction of sp³-hybridized carbons (Fsp3) is 0.556. The summed E-state index contributed by atoms with van der Waals surface area (Å²) in [5.74, 6) is -0.367. The maximum Gasteiger partial charge on any atom is 0.416 e. The van der Waals surface area contributed by atoms with E-state index in [-0.39, 0.29) is 30.2 Å². The minimum absolute atomic E-state index is 0.0239. The van der Waals surface area contributed by atoms with Crippen LogP contribution in [0.2, 0.25) is 0 Å². The van der Waals surface area contributed by atoms with Crippen molar-refractivity contribution in [2.45, 2.75) is 39.9 Å². The Kier molecular flexibility index (Phi) is 8.57. The van der Waals surface area contributed by atoms with Gasteiger partial charge in [-0.3, -0.25) is 10.1 Å². The summed E-state index contributed by atoms with van der Waals surface area (Å²) < 4.78 is 48.4. The third-order valence-corrected chi connectivity index (χ3v) is 3.65. The summed E-state index contributed by atoms with van der Waals surface area (Å²) >= 11 is 0. The molecule has 0 bridgehead atoms. The van der Waals surface area contributed by atoms with Crippen molar-refractivity contribution in [3.05, 3.63) is 35.4 Å². The predicted molar refractivity (Wildman–Crippen MR) is 93.1 cm³/mol. The number of nitrogens with zero attached hydrogens (tertiary/aromatic N) is 1. The SMILES string of the molecule is CCOCCOC(=N[C@@H](C)C(C)C)NC(=O)c1ccc(C(F)(F)F)cc1. The highest BCUT2D eigenvalue weighted by molar-refractivity contribution is 6.04. The van der Waals surface area contributed by atoms with Crippen molar-refractivity contribution in [3.63, 3.8) is 0 Å². The number of rotatable bonds is 7. The van der Waals surface area contributed by atoms with Crippen LogP contribution in [0, 0.1) is 5.92 Å². The van der Waals surface area contributed by atoms with Gasteiger partial charge in [0.1, 0.15) is 6.61 Å². The van der Waals surface area contributed by atoms with Gasteiger partial charge in [-0.15, -0.1) is 0 Å². The first-order valence-corrected chi connectivity index (χ1v) is 8.42. The molecule has 5 nitrogen and oxygen atoms in total. The number of aliphatic imine (C=N–C) groups is 1. The Labute approximate surface area is 151 Å². The lowest BCUT2D eigenvalue weighted by Crippen LogP contribution is -2.34. The monoisotopic (exact) mass is 374 g/mol. The van der Waals surface area contributed by atoms with Crippen molar-refractivity contribution >= 4 is 11.9 Å². The third kappa shape index (κ3) is 7.43. The molecule has 0 unspecified atom stereocenters. The van der Waals surface area contributed by atoms with Gasteiger partial charge in [0, 0.05) is 12.2 Å². The number of halogens is 3. The number of carbonyl (C=O) groups excluding carboxylic acids is 1. The van der Waals surface area contributed by atoms with Crippen molar-refractivity contribution in [2.24, 2.45) is 10.9 Å². The number of hydrogen-bond donors (Lipinski definition) is 1. The van der Waals surface area contributed by atoms with Crippen LogP contribution >= 0.6 is 0 Å². The van der Waals surface area contributed by atoms with Crippen molar-refractivity contribution in [3.8, 4) is 0 Å². The molecule has 0 spiro atoms. The lowest BCUT2D eigenvalue weighted by Gasteiger charge is -2.15. The van der Waals surface area contributed by atoms with Crippen LogP contribution in [0.3, 0.4) is 0 Å². The standard InChI is InChI=1S/C18H25F3N2O3/c1-5-25-10-11-26-17(22-13(4)12(2)3)23-16(24)14-6-8-15(9-7-14)18(19,20)21/h6-9,12-13H,5,10-11H2,1-4H3,(H,22,23,24)/t13-/m0/s1. The van der Waals surface area contributed by atoms with Crippen LogP contribution in [0.1, 0.15) is 43.6 Å². The molecule has 0 saturated heterocycles. The lowest BCUT2D eigenvalue weighted by atomic mass is 10.1. The first kappa shape index (κ1) is 22.0. The van der Waals surface area contributed by atoms with E-state index in [0.717, 1.165) is 24.3 Å². The highest BCUT2D eigenvalue weighted by Gasteiger charge is 2.30. The Morgan fingerprint density at radius 3 is 2.27 bits per heavy atom. The van der Waals surface area contributed by atoms with E-state index < -0.39 is 17.6 Å². The van der Waals surface area contributed by atoms with Crippen LogP contribution in [0.25, 0.3) is 0 Å². The van der Waals surface area contributed by atoms with E-state index >= 15 is 0 Å². The van der Waals surface area contributed by atoms with Crippen molar-refractivity contribution in [1.82, 2.24) is 5.32 Å². The number of ether oxygens (including phenoxy) is 2. The zero-order valence-electron chi connectivity index (χ0n) is 15.4. The van der Waals surface area contributed by atoms with Crippen molar-refractivity contribution in [2.75, 3.05) is 19.8 Å². The van der Waals surface area contributed by atoms with Crippen LogP contribution < -0.4 is 5.32 Å². The molecule has 0 aliphatic rings. The second-order valence-corrected chi connectivity index (χ2v) is 5.99. The van der Waals surface area contributed by atoms with Gasteiger partial charge in [0.2, 0.25) is 0 Å². The number of carbonyl (C=O) groups is 1. The maximum atomic E-state index is 12.6. The first-order chi connectivity index (χ1) is 12.1. The first-order valence-electron chi connectivity index (χ1n) is 8.42. The number of amides is 1. The zero-order chi connectivity index (χ0) is 19.7. The molecule has 146 valence electrons. The summed E-state index contributed by atoms with van der Waals surface area (Å²) in [5, 5.41) is 2.51. The second-order valence-electron chi connectivity index (χ2n) is 5.99. The third-order valence-electron chi connectivity index (χ3n) is 3.65. The van der Waals surface area contributed by atoms with E-state index in [9.17, 15) is 18.0 Å². The van der Waals surface area contributed by atoms with Gasteiger partial charge in [0.15, 0.2) is 0 Å². The fourth-order valence-electron chi connectivity index (χ4n) is 1.76. The summed E-state index contributed by atoms with van der Waals surface area (Å²) in [7, 11) is 0. The lowest BCUT2D eigenvalue weighted by molar-refractivity contribution is -0.137. The van der Waals surface area contributed by atoms with Gasteiger partial charge in [-0.1, -0.05) is 13.8 Å². The Morgan fingerprint density at radius 1 is 1.15 bits per heavy atom. The molecule has 1 atom stereocenters. The van der Waals surface area contributed by atoms with Crippen LogP contribution in [0.5, 0.6) is 0 Å². The molecule has 0 aliphatic carbocycles. The molecule has 8 heteroatoms. The van der Waals surface area contributed by atoms with Gasteiger partial charge >= 0.3 is 6.18 Å². The summed E-state index contributed by atoms with van der Waals surface area (Å²) in [6.45, 7) is 8.75. The number of benzene rings is 1.